The fourth-order valence-corrected chi connectivity index (χ4v) is 2.90. The number of thiophene rings is 1. The van der Waals surface area contributed by atoms with Crippen LogP contribution in [0.3, 0.4) is 0 Å². The Morgan fingerprint density at radius 1 is 1.53 bits per heavy atom. The van der Waals surface area contributed by atoms with Gasteiger partial charge in [0.25, 0.3) is 5.89 Å². The van der Waals surface area contributed by atoms with Gasteiger partial charge in [0.2, 0.25) is 5.82 Å². The van der Waals surface area contributed by atoms with Crippen molar-refractivity contribution in [2.24, 2.45) is 0 Å². The van der Waals surface area contributed by atoms with Gasteiger partial charge in [-0.05, 0) is 24.9 Å². The van der Waals surface area contributed by atoms with Crippen molar-refractivity contribution in [3.63, 3.8) is 0 Å². The molecular formula is C12H16N4O2S. The van der Waals surface area contributed by atoms with Crippen LogP contribution in [0.15, 0.2) is 9.90 Å². The van der Waals surface area contributed by atoms with Gasteiger partial charge in [-0.25, -0.2) is 0 Å². The van der Waals surface area contributed by atoms with Gasteiger partial charge in [-0.3, -0.25) is 0 Å². The molecule has 2 aromatic heterocycles. The van der Waals surface area contributed by atoms with Crippen molar-refractivity contribution in [1.29, 1.82) is 0 Å². The molecule has 1 aliphatic heterocycles. The monoisotopic (exact) mass is 280 g/mol. The number of likely N-dealkylation sites (N-methyl/N-ethyl adjacent to an activating group) is 1. The van der Waals surface area contributed by atoms with Crippen LogP contribution in [-0.4, -0.2) is 41.8 Å². The lowest BCUT2D eigenvalue weighted by Crippen LogP contribution is -2.35. The number of aryl methyl sites for hydroxylation is 1. The fraction of sp³-hybridized carbons (Fsp3) is 0.500. The Morgan fingerprint density at radius 3 is 3.05 bits per heavy atom. The Morgan fingerprint density at radius 2 is 2.37 bits per heavy atom. The molecule has 1 atom stereocenters. The van der Waals surface area contributed by atoms with Crippen LogP contribution in [0.4, 0.5) is 5.69 Å². The Bertz CT molecular complexity index is 580. The molecule has 2 N–H and O–H groups in total. The first-order valence-electron chi connectivity index (χ1n) is 6.13. The second kappa shape index (κ2) is 4.92. The molecule has 0 aliphatic carbocycles. The van der Waals surface area contributed by atoms with Crippen LogP contribution in [0.5, 0.6) is 0 Å². The summed E-state index contributed by atoms with van der Waals surface area (Å²) in [6.07, 6.45) is -0.126. The minimum absolute atomic E-state index is 0.126. The first-order valence-corrected chi connectivity index (χ1v) is 7.01. The summed E-state index contributed by atoms with van der Waals surface area (Å²) in [4.78, 5) is 7.44. The van der Waals surface area contributed by atoms with Gasteiger partial charge in [0.1, 0.15) is 11.0 Å². The fourth-order valence-electron chi connectivity index (χ4n) is 2.01. The third-order valence-electron chi connectivity index (χ3n) is 3.22. The maximum atomic E-state index is 5.99. The molecule has 0 saturated carbocycles. The third kappa shape index (κ3) is 2.36. The van der Waals surface area contributed by atoms with E-state index in [1.807, 2.05) is 12.3 Å². The van der Waals surface area contributed by atoms with Gasteiger partial charge in [0.05, 0.1) is 12.3 Å². The molecular weight excluding hydrogens is 264 g/mol. The molecule has 102 valence electrons. The van der Waals surface area contributed by atoms with Gasteiger partial charge in [0, 0.05) is 13.1 Å². The predicted molar refractivity (Wildman–Crippen MR) is 73.0 cm³/mol. The Balaban J connectivity index is 1.85. The number of rotatable bonds is 2. The molecule has 1 saturated heterocycles. The van der Waals surface area contributed by atoms with Crippen LogP contribution < -0.4 is 5.73 Å². The van der Waals surface area contributed by atoms with E-state index in [2.05, 4.69) is 22.1 Å². The van der Waals surface area contributed by atoms with Crippen molar-refractivity contribution >= 4 is 17.0 Å². The van der Waals surface area contributed by atoms with Crippen molar-refractivity contribution < 1.29 is 9.26 Å². The maximum absolute atomic E-state index is 5.99. The van der Waals surface area contributed by atoms with Crippen molar-refractivity contribution in [2.45, 2.75) is 13.0 Å². The van der Waals surface area contributed by atoms with Crippen LogP contribution in [0.25, 0.3) is 10.8 Å². The molecule has 0 radical (unpaired) electrons. The van der Waals surface area contributed by atoms with E-state index in [9.17, 15) is 0 Å². The second-order valence-electron chi connectivity index (χ2n) is 4.74. The van der Waals surface area contributed by atoms with E-state index < -0.39 is 0 Å². The lowest BCUT2D eigenvalue weighted by atomic mass is 10.2. The molecule has 0 bridgehead atoms. The molecule has 3 rings (SSSR count). The summed E-state index contributed by atoms with van der Waals surface area (Å²) in [5.74, 6) is 1.06. The third-order valence-corrected chi connectivity index (χ3v) is 4.32. The summed E-state index contributed by atoms with van der Waals surface area (Å²) >= 11 is 1.52. The Hall–Kier alpha value is -1.44. The summed E-state index contributed by atoms with van der Waals surface area (Å²) in [7, 11) is 2.05. The zero-order valence-electron chi connectivity index (χ0n) is 10.9. The van der Waals surface area contributed by atoms with Gasteiger partial charge < -0.3 is 19.9 Å². The van der Waals surface area contributed by atoms with Crippen molar-refractivity contribution in [3.05, 3.63) is 16.8 Å². The van der Waals surface area contributed by atoms with Crippen LogP contribution in [-0.2, 0) is 4.74 Å². The van der Waals surface area contributed by atoms with Crippen LogP contribution in [0.2, 0.25) is 0 Å². The average Bonchev–Trinajstić information content (AvgIpc) is 2.98. The summed E-state index contributed by atoms with van der Waals surface area (Å²) < 4.78 is 11.0. The van der Waals surface area contributed by atoms with Crippen molar-refractivity contribution in [2.75, 3.05) is 32.5 Å². The van der Waals surface area contributed by atoms with Crippen LogP contribution >= 0.6 is 11.3 Å². The first kappa shape index (κ1) is 12.6. The number of nitrogen functional groups attached to an aromatic ring is 1. The molecule has 0 aromatic carbocycles. The van der Waals surface area contributed by atoms with E-state index >= 15 is 0 Å². The molecule has 6 nitrogen and oxygen atoms in total. The summed E-state index contributed by atoms with van der Waals surface area (Å²) in [6.45, 7) is 4.35. The molecule has 7 heteroatoms. The first-order chi connectivity index (χ1) is 9.15. The predicted octanol–water partition coefficient (Wildman–Crippen LogP) is 1.69. The minimum atomic E-state index is -0.126. The number of aromatic nitrogens is 2. The standard InChI is InChI=1S/C12H16N4O2S/c1-7-6-19-10(9(7)13)12-14-11(15-18-12)8-5-16(2)3-4-17-8/h6,8H,3-5,13H2,1-2H3. The van der Waals surface area contributed by atoms with Gasteiger partial charge in [0.15, 0.2) is 0 Å². The van der Waals surface area contributed by atoms with Gasteiger partial charge >= 0.3 is 0 Å². The zero-order chi connectivity index (χ0) is 13.4. The highest BCUT2D eigenvalue weighted by molar-refractivity contribution is 7.14. The van der Waals surface area contributed by atoms with E-state index in [1.165, 1.54) is 11.3 Å². The quantitative estimate of drug-likeness (QED) is 0.902. The Kier molecular flexibility index (Phi) is 3.26. The number of hydrogen-bond donors (Lipinski definition) is 1. The van der Waals surface area contributed by atoms with Crippen LogP contribution in [0.1, 0.15) is 17.5 Å². The SMILES string of the molecule is Cc1csc(-c2nc(C3CN(C)CCO3)no2)c1N. The van der Waals surface area contributed by atoms with Crippen molar-refractivity contribution in [3.8, 4) is 10.8 Å². The zero-order valence-corrected chi connectivity index (χ0v) is 11.7. The molecule has 2 aromatic rings. The van der Waals surface area contributed by atoms with Gasteiger partial charge in [-0.15, -0.1) is 11.3 Å². The van der Waals surface area contributed by atoms with E-state index in [0.29, 0.717) is 24.0 Å². The minimum Gasteiger partial charge on any atom is -0.397 e. The summed E-state index contributed by atoms with van der Waals surface area (Å²) in [6, 6.07) is 0. The number of hydrogen-bond acceptors (Lipinski definition) is 7. The highest BCUT2D eigenvalue weighted by Crippen LogP contribution is 2.34. The summed E-state index contributed by atoms with van der Waals surface area (Å²) in [5, 5.41) is 6.00. The van der Waals surface area contributed by atoms with Crippen molar-refractivity contribution in [1.82, 2.24) is 15.0 Å². The van der Waals surface area contributed by atoms with E-state index in [1.54, 1.807) is 0 Å². The highest BCUT2D eigenvalue weighted by Gasteiger charge is 2.25. The van der Waals surface area contributed by atoms with Gasteiger partial charge in [-0.1, -0.05) is 5.16 Å². The maximum Gasteiger partial charge on any atom is 0.270 e. The lowest BCUT2D eigenvalue weighted by molar-refractivity contribution is -0.0264. The normalized spacial score (nSPS) is 20.8. The number of anilines is 1. The number of morpholine rings is 1. The largest absolute Gasteiger partial charge is 0.397 e. The molecule has 19 heavy (non-hydrogen) atoms. The topological polar surface area (TPSA) is 77.4 Å². The number of ether oxygens (including phenoxy) is 1. The molecule has 3 heterocycles. The second-order valence-corrected chi connectivity index (χ2v) is 5.62. The Labute approximate surface area is 115 Å². The number of nitrogens with zero attached hydrogens (tertiary/aromatic N) is 3. The molecule has 0 amide bonds. The highest BCUT2D eigenvalue weighted by atomic mass is 32.1. The van der Waals surface area contributed by atoms with Gasteiger partial charge in [-0.2, -0.15) is 4.98 Å². The van der Waals surface area contributed by atoms with E-state index in [4.69, 9.17) is 15.0 Å². The van der Waals surface area contributed by atoms with E-state index in [-0.39, 0.29) is 6.10 Å². The summed E-state index contributed by atoms with van der Waals surface area (Å²) in [5.41, 5.74) is 7.73. The van der Waals surface area contributed by atoms with Crippen LogP contribution in [0, 0.1) is 6.92 Å². The molecule has 1 aliphatic rings. The number of nitrogens with two attached hydrogens (primary N) is 1. The molecule has 1 fully saturated rings. The molecule has 1 unspecified atom stereocenters. The van der Waals surface area contributed by atoms with E-state index in [0.717, 1.165) is 23.5 Å². The lowest BCUT2D eigenvalue weighted by Gasteiger charge is -2.27. The molecule has 0 spiro atoms. The average molecular weight is 280 g/mol. The smallest absolute Gasteiger partial charge is 0.270 e.